The average molecular weight is 243 g/mol. The van der Waals surface area contributed by atoms with Crippen LogP contribution in [0.4, 0.5) is 13.2 Å². The van der Waals surface area contributed by atoms with Gasteiger partial charge in [0.25, 0.3) is 0 Å². The van der Waals surface area contributed by atoms with Crippen LogP contribution in [-0.4, -0.2) is 12.9 Å². The summed E-state index contributed by atoms with van der Waals surface area (Å²) in [6, 6.07) is 3.70. The first-order valence-electron chi connectivity index (χ1n) is 4.52. The number of carbonyl (C=O) groups is 1. The van der Waals surface area contributed by atoms with Crippen molar-refractivity contribution in [2.24, 2.45) is 0 Å². The molecule has 0 radical (unpaired) electrons. The largest absolute Gasteiger partial charge is 0.495 e. The molecule has 0 aliphatic heterocycles. The highest BCUT2D eigenvalue weighted by atomic mass is 19.4. The number of hydrogen-bond donors (Lipinski definition) is 0. The Labute approximate surface area is 95.4 Å². The molecule has 0 atom stereocenters. The first kappa shape index (κ1) is 13.0. The van der Waals surface area contributed by atoms with Crippen LogP contribution in [-0.2, 0) is 6.18 Å². The molecule has 1 rings (SSSR count). The van der Waals surface area contributed by atoms with Crippen molar-refractivity contribution in [3.8, 4) is 11.8 Å². The highest BCUT2D eigenvalue weighted by Gasteiger charge is 2.39. The fourth-order valence-corrected chi connectivity index (χ4v) is 1.46. The van der Waals surface area contributed by atoms with E-state index in [1.165, 1.54) is 0 Å². The van der Waals surface area contributed by atoms with Gasteiger partial charge in [-0.05, 0) is 19.1 Å². The van der Waals surface area contributed by atoms with E-state index in [1.54, 1.807) is 6.07 Å². The summed E-state index contributed by atoms with van der Waals surface area (Å²) in [5, 5.41) is 8.69. The predicted octanol–water partition coefficient (Wildman–Crippen LogP) is 2.79. The Morgan fingerprint density at radius 3 is 2.35 bits per heavy atom. The second kappa shape index (κ2) is 4.45. The number of halogens is 3. The Morgan fingerprint density at radius 2 is 2.00 bits per heavy atom. The summed E-state index contributed by atoms with van der Waals surface area (Å²) >= 11 is 0. The maximum Gasteiger partial charge on any atom is 0.420 e. The van der Waals surface area contributed by atoms with E-state index >= 15 is 0 Å². The van der Waals surface area contributed by atoms with Gasteiger partial charge in [-0.25, -0.2) is 0 Å². The molecule has 0 saturated heterocycles. The number of nitriles is 1. The molecule has 0 amide bonds. The van der Waals surface area contributed by atoms with Crippen molar-refractivity contribution < 1.29 is 22.7 Å². The fraction of sp³-hybridized carbons (Fsp3) is 0.273. The average Bonchev–Trinajstić information content (AvgIpc) is 2.25. The molecule has 90 valence electrons. The third-order valence-electron chi connectivity index (χ3n) is 2.15. The molecule has 0 aliphatic carbocycles. The van der Waals surface area contributed by atoms with Crippen molar-refractivity contribution in [3.05, 3.63) is 28.8 Å². The maximum atomic E-state index is 12.8. The SMILES string of the molecule is COc1c(C#N)ccc(C(C)=O)c1C(F)(F)F. The summed E-state index contributed by atoms with van der Waals surface area (Å²) in [6.45, 7) is 1.02. The van der Waals surface area contributed by atoms with E-state index in [1.807, 2.05) is 0 Å². The first-order chi connectivity index (χ1) is 7.82. The highest BCUT2D eigenvalue weighted by molar-refractivity contribution is 5.96. The molecule has 0 aromatic heterocycles. The molecular weight excluding hydrogens is 235 g/mol. The maximum absolute atomic E-state index is 12.8. The van der Waals surface area contributed by atoms with Crippen molar-refractivity contribution in [2.75, 3.05) is 7.11 Å². The summed E-state index contributed by atoms with van der Waals surface area (Å²) in [7, 11) is 1.02. The monoisotopic (exact) mass is 243 g/mol. The van der Waals surface area contributed by atoms with Crippen molar-refractivity contribution in [1.29, 1.82) is 5.26 Å². The first-order valence-corrected chi connectivity index (χ1v) is 4.52. The lowest BCUT2D eigenvalue weighted by molar-refractivity contribution is -0.139. The van der Waals surface area contributed by atoms with Gasteiger partial charge in [-0.1, -0.05) is 0 Å². The minimum atomic E-state index is -4.75. The van der Waals surface area contributed by atoms with Crippen molar-refractivity contribution in [2.45, 2.75) is 13.1 Å². The van der Waals surface area contributed by atoms with Gasteiger partial charge in [-0.15, -0.1) is 0 Å². The van der Waals surface area contributed by atoms with Gasteiger partial charge in [0.05, 0.1) is 12.7 Å². The third kappa shape index (κ3) is 2.38. The van der Waals surface area contributed by atoms with Gasteiger partial charge in [-0.2, -0.15) is 18.4 Å². The molecule has 6 heteroatoms. The van der Waals surface area contributed by atoms with Crippen LogP contribution in [0, 0.1) is 11.3 Å². The number of benzene rings is 1. The van der Waals surface area contributed by atoms with Crippen molar-refractivity contribution in [1.82, 2.24) is 0 Å². The summed E-state index contributed by atoms with van der Waals surface area (Å²) in [5.41, 5.74) is -1.97. The van der Waals surface area contributed by atoms with Gasteiger partial charge in [-0.3, -0.25) is 4.79 Å². The van der Waals surface area contributed by atoms with Crippen LogP contribution in [0.3, 0.4) is 0 Å². The van der Waals surface area contributed by atoms with Crippen molar-refractivity contribution >= 4 is 5.78 Å². The number of rotatable bonds is 2. The van der Waals surface area contributed by atoms with Crippen LogP contribution >= 0.6 is 0 Å². The second-order valence-corrected chi connectivity index (χ2v) is 3.23. The van der Waals surface area contributed by atoms with E-state index < -0.39 is 28.8 Å². The summed E-state index contributed by atoms with van der Waals surface area (Å²) in [6.07, 6.45) is -4.75. The van der Waals surface area contributed by atoms with Crippen molar-refractivity contribution in [3.63, 3.8) is 0 Å². The smallest absolute Gasteiger partial charge is 0.420 e. The Morgan fingerprint density at radius 1 is 1.41 bits per heavy atom. The number of methoxy groups -OCH3 is 1. The molecule has 0 unspecified atom stereocenters. The molecule has 0 spiro atoms. The van der Waals surface area contributed by atoms with Crippen LogP contribution in [0.1, 0.15) is 28.4 Å². The topological polar surface area (TPSA) is 50.1 Å². The van der Waals surface area contributed by atoms with E-state index in [0.29, 0.717) is 0 Å². The zero-order valence-corrected chi connectivity index (χ0v) is 9.05. The van der Waals surface area contributed by atoms with Gasteiger partial charge in [0.15, 0.2) is 5.78 Å². The molecule has 3 nitrogen and oxygen atoms in total. The summed E-state index contributed by atoms with van der Waals surface area (Å²) < 4.78 is 43.1. The summed E-state index contributed by atoms with van der Waals surface area (Å²) in [4.78, 5) is 11.1. The second-order valence-electron chi connectivity index (χ2n) is 3.23. The van der Waals surface area contributed by atoms with E-state index in [9.17, 15) is 18.0 Å². The molecule has 0 bridgehead atoms. The molecule has 0 aliphatic rings. The Kier molecular flexibility index (Phi) is 3.42. The molecule has 1 aromatic carbocycles. The summed E-state index contributed by atoms with van der Waals surface area (Å²) in [5.74, 6) is -1.35. The zero-order chi connectivity index (χ0) is 13.2. The Hall–Kier alpha value is -2.03. The molecule has 0 saturated carbocycles. The predicted molar refractivity (Wildman–Crippen MR) is 52.7 cm³/mol. The van der Waals surface area contributed by atoms with E-state index in [2.05, 4.69) is 4.74 Å². The number of ketones is 1. The fourth-order valence-electron chi connectivity index (χ4n) is 1.46. The van der Waals surface area contributed by atoms with Crippen LogP contribution in [0.5, 0.6) is 5.75 Å². The quantitative estimate of drug-likeness (QED) is 0.750. The van der Waals surface area contributed by atoms with Gasteiger partial charge in [0.1, 0.15) is 17.4 Å². The van der Waals surface area contributed by atoms with Crippen LogP contribution in [0.25, 0.3) is 0 Å². The van der Waals surface area contributed by atoms with Gasteiger partial charge < -0.3 is 4.74 Å². The third-order valence-corrected chi connectivity index (χ3v) is 2.15. The van der Waals surface area contributed by atoms with E-state index in [4.69, 9.17) is 5.26 Å². The number of nitrogens with zero attached hydrogens (tertiary/aromatic N) is 1. The molecule has 17 heavy (non-hydrogen) atoms. The molecule has 1 aromatic rings. The standard InChI is InChI=1S/C11H8F3NO2/c1-6(16)8-4-3-7(5-15)10(17-2)9(8)11(12,13)14/h3-4H,1-2H3. The van der Waals surface area contributed by atoms with E-state index in [-0.39, 0.29) is 5.56 Å². The zero-order valence-electron chi connectivity index (χ0n) is 9.05. The number of alkyl halides is 3. The molecular formula is C11H8F3NO2. The lowest BCUT2D eigenvalue weighted by Gasteiger charge is -2.16. The molecule has 0 N–H and O–H groups in total. The Bertz CT molecular complexity index is 501. The van der Waals surface area contributed by atoms with Crippen LogP contribution < -0.4 is 4.74 Å². The molecule has 0 fully saturated rings. The van der Waals surface area contributed by atoms with Gasteiger partial charge in [0.2, 0.25) is 0 Å². The Balaban J connectivity index is 3.70. The van der Waals surface area contributed by atoms with Gasteiger partial charge in [0, 0.05) is 5.56 Å². The normalized spacial score (nSPS) is 10.8. The lowest BCUT2D eigenvalue weighted by atomic mass is 9.99. The lowest BCUT2D eigenvalue weighted by Crippen LogP contribution is -2.14. The number of carbonyl (C=O) groups excluding carboxylic acids is 1. The number of ether oxygens (including phenoxy) is 1. The molecule has 0 heterocycles. The minimum Gasteiger partial charge on any atom is -0.495 e. The minimum absolute atomic E-state index is 0.259. The van der Waals surface area contributed by atoms with E-state index in [0.717, 1.165) is 26.2 Å². The van der Waals surface area contributed by atoms with Gasteiger partial charge >= 0.3 is 6.18 Å². The number of Topliss-reactive ketones (excluding diaryl/α,β-unsaturated/α-hetero) is 1. The van der Waals surface area contributed by atoms with Crippen LogP contribution in [0.2, 0.25) is 0 Å². The van der Waals surface area contributed by atoms with Crippen LogP contribution in [0.15, 0.2) is 12.1 Å². The number of hydrogen-bond acceptors (Lipinski definition) is 3. The highest BCUT2D eigenvalue weighted by Crippen LogP contribution is 2.40.